The van der Waals surface area contributed by atoms with E-state index in [0.717, 1.165) is 43.0 Å². The highest BCUT2D eigenvalue weighted by Gasteiger charge is 2.19. The van der Waals surface area contributed by atoms with Crippen molar-refractivity contribution in [1.82, 2.24) is 9.88 Å². The predicted octanol–water partition coefficient (Wildman–Crippen LogP) is 4.60. The minimum Gasteiger partial charge on any atom is -0.423 e. The molecule has 0 atom stereocenters. The monoisotopic (exact) mass is 504 g/mol. The van der Waals surface area contributed by atoms with Gasteiger partial charge >= 0.3 is 0 Å². The summed E-state index contributed by atoms with van der Waals surface area (Å²) in [7, 11) is -1.34. The number of hydrogen-bond acceptors (Lipinski definition) is 8. The molecule has 36 heavy (non-hydrogen) atoms. The largest absolute Gasteiger partial charge is 0.423 e. The number of rotatable bonds is 6. The Kier molecular flexibility index (Phi) is 6.27. The summed E-state index contributed by atoms with van der Waals surface area (Å²) in [6.07, 6.45) is 1.21. The fourth-order valence-electron chi connectivity index (χ4n) is 4.35. The van der Waals surface area contributed by atoms with Gasteiger partial charge in [-0.3, -0.25) is 4.79 Å². The standard InChI is InChI=1S/C27H28N4O4S/c1-18(32)19-7-9-20(10-8-19)24-5-4-6-25-26(24)35-27(29-25)28-21-15-22(17-23(16-21)36(3,33)34)31-13-11-30(2)12-14-31/h4-10,15-17H,11-14H2,1-3H3,(H,28,29). The number of carbonyl (C=O) groups is 1. The van der Waals surface area contributed by atoms with E-state index in [1.807, 2.05) is 36.4 Å². The van der Waals surface area contributed by atoms with Crippen LogP contribution in [0, 0.1) is 0 Å². The van der Waals surface area contributed by atoms with Crippen molar-refractivity contribution >= 4 is 44.1 Å². The molecule has 0 aliphatic carbocycles. The zero-order valence-corrected chi connectivity index (χ0v) is 21.3. The molecule has 1 aromatic heterocycles. The smallest absolute Gasteiger partial charge is 0.300 e. The fourth-order valence-corrected chi connectivity index (χ4v) is 5.03. The van der Waals surface area contributed by atoms with Crippen LogP contribution in [0.4, 0.5) is 17.4 Å². The van der Waals surface area contributed by atoms with Gasteiger partial charge in [0.05, 0.1) is 4.90 Å². The first-order chi connectivity index (χ1) is 17.2. The van der Waals surface area contributed by atoms with Gasteiger partial charge < -0.3 is 19.5 Å². The van der Waals surface area contributed by atoms with E-state index >= 15 is 0 Å². The van der Waals surface area contributed by atoms with Gasteiger partial charge in [0, 0.05) is 54.9 Å². The van der Waals surface area contributed by atoms with Gasteiger partial charge in [0.25, 0.3) is 6.01 Å². The van der Waals surface area contributed by atoms with Crippen LogP contribution in [0.1, 0.15) is 17.3 Å². The first-order valence-corrected chi connectivity index (χ1v) is 13.6. The highest BCUT2D eigenvalue weighted by molar-refractivity contribution is 7.90. The highest BCUT2D eigenvalue weighted by Crippen LogP contribution is 2.33. The maximum atomic E-state index is 12.4. The Labute approximate surface area is 210 Å². The van der Waals surface area contributed by atoms with E-state index in [9.17, 15) is 13.2 Å². The lowest BCUT2D eigenvalue weighted by Crippen LogP contribution is -2.44. The maximum absolute atomic E-state index is 12.4. The van der Waals surface area contributed by atoms with Gasteiger partial charge in [0.15, 0.2) is 21.2 Å². The molecule has 0 amide bonds. The van der Waals surface area contributed by atoms with Crippen molar-refractivity contribution in [3.05, 3.63) is 66.2 Å². The number of piperazine rings is 1. The second-order valence-corrected chi connectivity index (χ2v) is 11.2. The number of Topliss-reactive ketones (excluding diaryl/α,β-unsaturated/α-hetero) is 1. The molecule has 1 saturated heterocycles. The van der Waals surface area contributed by atoms with Crippen LogP contribution >= 0.6 is 0 Å². The summed E-state index contributed by atoms with van der Waals surface area (Å²) in [6.45, 7) is 4.99. The molecule has 5 rings (SSSR count). The van der Waals surface area contributed by atoms with Crippen LogP contribution in [0.25, 0.3) is 22.2 Å². The molecule has 8 nitrogen and oxygen atoms in total. The Balaban J connectivity index is 1.49. The zero-order chi connectivity index (χ0) is 25.4. The van der Waals surface area contributed by atoms with Crippen molar-refractivity contribution in [2.45, 2.75) is 11.8 Å². The highest BCUT2D eigenvalue weighted by atomic mass is 32.2. The molecule has 3 aromatic carbocycles. The third-order valence-corrected chi connectivity index (χ3v) is 7.55. The normalized spacial score (nSPS) is 14.8. The van der Waals surface area contributed by atoms with Gasteiger partial charge in [-0.2, -0.15) is 4.98 Å². The van der Waals surface area contributed by atoms with Crippen LogP contribution in [0.5, 0.6) is 0 Å². The topological polar surface area (TPSA) is 95.8 Å². The number of nitrogens with zero attached hydrogens (tertiary/aromatic N) is 3. The number of para-hydroxylation sites is 1. The molecular weight excluding hydrogens is 476 g/mol. The molecular formula is C27H28N4O4S. The number of oxazole rings is 1. The van der Waals surface area contributed by atoms with E-state index in [0.29, 0.717) is 22.4 Å². The van der Waals surface area contributed by atoms with Crippen LogP contribution in [-0.4, -0.2) is 63.6 Å². The average Bonchev–Trinajstić information content (AvgIpc) is 3.26. The molecule has 2 heterocycles. The van der Waals surface area contributed by atoms with Crippen LogP contribution in [-0.2, 0) is 9.84 Å². The van der Waals surface area contributed by atoms with Crippen LogP contribution in [0.3, 0.4) is 0 Å². The van der Waals surface area contributed by atoms with E-state index < -0.39 is 9.84 Å². The lowest BCUT2D eigenvalue weighted by molar-refractivity contribution is 0.101. The molecule has 1 fully saturated rings. The summed E-state index contributed by atoms with van der Waals surface area (Å²) in [6, 6.07) is 18.6. The van der Waals surface area contributed by atoms with Gasteiger partial charge in [-0.1, -0.05) is 36.4 Å². The Morgan fingerprint density at radius 1 is 1.00 bits per heavy atom. The lowest BCUT2D eigenvalue weighted by atomic mass is 10.0. The fraction of sp³-hybridized carbons (Fsp3) is 0.259. The number of hydrogen-bond donors (Lipinski definition) is 1. The van der Waals surface area contributed by atoms with Crippen LogP contribution in [0.2, 0.25) is 0 Å². The van der Waals surface area contributed by atoms with Crippen LogP contribution in [0.15, 0.2) is 70.0 Å². The van der Waals surface area contributed by atoms with Gasteiger partial charge in [-0.05, 0) is 43.8 Å². The number of benzene rings is 3. The molecule has 1 aliphatic rings. The second-order valence-electron chi connectivity index (χ2n) is 9.21. The summed E-state index contributed by atoms with van der Waals surface area (Å²) >= 11 is 0. The second kappa shape index (κ2) is 9.40. The molecule has 4 aromatic rings. The summed E-state index contributed by atoms with van der Waals surface area (Å²) in [5, 5.41) is 3.17. The van der Waals surface area contributed by atoms with Gasteiger partial charge in [-0.25, -0.2) is 8.42 Å². The van der Waals surface area contributed by atoms with Crippen molar-refractivity contribution in [2.75, 3.05) is 49.7 Å². The summed E-state index contributed by atoms with van der Waals surface area (Å²) in [5.74, 6) is 0.0122. The number of fused-ring (bicyclic) bond motifs is 1. The molecule has 0 bridgehead atoms. The number of ketones is 1. The number of aromatic nitrogens is 1. The van der Waals surface area contributed by atoms with Crippen molar-refractivity contribution < 1.29 is 17.6 Å². The minimum atomic E-state index is -3.42. The van der Waals surface area contributed by atoms with Crippen molar-refractivity contribution in [3.8, 4) is 11.1 Å². The molecule has 0 spiro atoms. The number of nitrogens with one attached hydrogen (secondary N) is 1. The van der Waals surface area contributed by atoms with E-state index in [4.69, 9.17) is 4.42 Å². The summed E-state index contributed by atoms with van der Waals surface area (Å²) in [4.78, 5) is 20.9. The molecule has 0 saturated carbocycles. The molecule has 1 N–H and O–H groups in total. The van der Waals surface area contributed by atoms with Crippen molar-refractivity contribution in [2.24, 2.45) is 0 Å². The summed E-state index contributed by atoms with van der Waals surface area (Å²) in [5.41, 5.74) is 5.11. The van der Waals surface area contributed by atoms with E-state index in [2.05, 4.69) is 27.1 Å². The van der Waals surface area contributed by atoms with Crippen molar-refractivity contribution in [1.29, 1.82) is 0 Å². The Morgan fingerprint density at radius 3 is 2.39 bits per heavy atom. The Bertz CT molecular complexity index is 1540. The first-order valence-electron chi connectivity index (χ1n) is 11.7. The van der Waals surface area contributed by atoms with Gasteiger partial charge in [-0.15, -0.1) is 0 Å². The molecule has 0 unspecified atom stereocenters. The van der Waals surface area contributed by atoms with E-state index in [1.54, 1.807) is 24.3 Å². The lowest BCUT2D eigenvalue weighted by Gasteiger charge is -2.34. The number of anilines is 3. The van der Waals surface area contributed by atoms with E-state index in [-0.39, 0.29) is 16.7 Å². The van der Waals surface area contributed by atoms with Gasteiger partial charge in [0.1, 0.15) is 5.52 Å². The molecule has 186 valence electrons. The molecule has 0 radical (unpaired) electrons. The number of carbonyl (C=O) groups excluding carboxylic acids is 1. The van der Waals surface area contributed by atoms with Crippen molar-refractivity contribution in [3.63, 3.8) is 0 Å². The minimum absolute atomic E-state index is 0.0122. The Morgan fingerprint density at radius 2 is 1.72 bits per heavy atom. The number of sulfone groups is 1. The van der Waals surface area contributed by atoms with E-state index in [1.165, 1.54) is 13.2 Å². The predicted molar refractivity (Wildman–Crippen MR) is 142 cm³/mol. The third-order valence-electron chi connectivity index (χ3n) is 6.46. The first kappa shape index (κ1) is 24.0. The molecule has 1 aliphatic heterocycles. The Hall–Kier alpha value is -3.69. The third kappa shape index (κ3) is 4.98. The number of likely N-dealkylation sites (N-methyl/N-ethyl adjacent to an activating group) is 1. The quantitative estimate of drug-likeness (QED) is 0.381. The van der Waals surface area contributed by atoms with Crippen LogP contribution < -0.4 is 10.2 Å². The SMILES string of the molecule is CC(=O)c1ccc(-c2cccc3nc(Nc4cc(N5CCN(C)CC5)cc(S(C)(=O)=O)c4)oc23)cc1. The maximum Gasteiger partial charge on any atom is 0.300 e. The molecule has 9 heteroatoms. The average molecular weight is 505 g/mol. The zero-order valence-electron chi connectivity index (χ0n) is 20.5. The van der Waals surface area contributed by atoms with Gasteiger partial charge in [0.2, 0.25) is 0 Å². The summed E-state index contributed by atoms with van der Waals surface area (Å²) < 4.78 is 30.9.